The number of ether oxygens (including phenoxy) is 1. The summed E-state index contributed by atoms with van der Waals surface area (Å²) in [6, 6.07) is 14.2. The topological polar surface area (TPSA) is 50.4 Å². The molecule has 2 aromatic carbocycles. The van der Waals surface area contributed by atoms with Gasteiger partial charge in [0.05, 0.1) is 7.11 Å². The Morgan fingerprint density at radius 3 is 2.52 bits per heavy atom. The lowest BCUT2D eigenvalue weighted by atomic mass is 10.1. The van der Waals surface area contributed by atoms with E-state index in [1.54, 1.807) is 7.11 Å². The molecule has 0 bridgehead atoms. The van der Waals surface area contributed by atoms with Crippen LogP contribution in [0.4, 0.5) is 5.69 Å². The molecule has 0 heterocycles. The Hall–Kier alpha value is -2.33. The van der Waals surface area contributed by atoms with Gasteiger partial charge in [-0.1, -0.05) is 38.1 Å². The van der Waals surface area contributed by atoms with Crippen LogP contribution in [0.3, 0.4) is 0 Å². The van der Waals surface area contributed by atoms with Gasteiger partial charge in [-0.15, -0.1) is 0 Å². The highest BCUT2D eigenvalue weighted by Crippen LogP contribution is 2.19. The third-order valence-corrected chi connectivity index (χ3v) is 4.39. The maximum Gasteiger partial charge on any atom is 0.227 e. The summed E-state index contributed by atoms with van der Waals surface area (Å²) < 4.78 is 5.36. The van der Waals surface area contributed by atoms with Crippen LogP contribution in [0.25, 0.3) is 0 Å². The van der Waals surface area contributed by atoms with Crippen LogP contribution in [0.2, 0.25) is 0 Å². The van der Waals surface area contributed by atoms with Crippen molar-refractivity contribution in [3.63, 3.8) is 0 Å². The monoisotopic (exact) mass is 340 g/mol. The number of aryl methyl sites for hydroxylation is 1. The molecule has 0 radical (unpaired) electrons. The number of carbonyl (C=O) groups is 1. The molecule has 2 aromatic rings. The van der Waals surface area contributed by atoms with Crippen molar-refractivity contribution in [1.29, 1.82) is 0 Å². The summed E-state index contributed by atoms with van der Waals surface area (Å²) in [5.41, 5.74) is 4.31. The average molecular weight is 340 g/mol. The van der Waals surface area contributed by atoms with E-state index in [4.69, 9.17) is 4.74 Å². The van der Waals surface area contributed by atoms with E-state index in [0.29, 0.717) is 0 Å². The second kappa shape index (κ2) is 9.23. The third kappa shape index (κ3) is 5.61. The van der Waals surface area contributed by atoms with Gasteiger partial charge in [0.25, 0.3) is 0 Å². The molecule has 0 aliphatic carbocycles. The molecule has 4 nitrogen and oxygen atoms in total. The number of hydrogen-bond donors (Lipinski definition) is 2. The van der Waals surface area contributed by atoms with Crippen LogP contribution >= 0.6 is 0 Å². The molecule has 0 spiro atoms. The van der Waals surface area contributed by atoms with Crippen LogP contribution in [0.1, 0.15) is 37.0 Å². The highest BCUT2D eigenvalue weighted by atomic mass is 16.5. The number of methoxy groups -OCH3 is 1. The predicted octanol–water partition coefficient (Wildman–Crippen LogP) is 4.28. The highest BCUT2D eigenvalue weighted by Gasteiger charge is 2.10. The van der Waals surface area contributed by atoms with Crippen LogP contribution in [0.5, 0.6) is 5.75 Å². The number of carbonyl (C=O) groups excluding carboxylic acids is 1. The van der Waals surface area contributed by atoms with E-state index in [9.17, 15) is 4.79 Å². The number of amides is 1. The Labute approximate surface area is 150 Å². The van der Waals surface area contributed by atoms with Crippen molar-refractivity contribution >= 4 is 11.6 Å². The summed E-state index contributed by atoms with van der Waals surface area (Å²) in [6.45, 7) is 7.50. The van der Waals surface area contributed by atoms with Crippen molar-refractivity contribution in [2.45, 2.75) is 40.3 Å². The molecule has 0 aliphatic rings. The minimum Gasteiger partial charge on any atom is -0.496 e. The number of benzene rings is 2. The van der Waals surface area contributed by atoms with Crippen molar-refractivity contribution in [3.05, 3.63) is 59.2 Å². The minimum atomic E-state index is 0.0262. The van der Waals surface area contributed by atoms with Crippen LogP contribution in [0, 0.1) is 12.8 Å². The smallest absolute Gasteiger partial charge is 0.227 e. The lowest BCUT2D eigenvalue weighted by molar-refractivity contribution is -0.119. The Morgan fingerprint density at radius 2 is 1.84 bits per heavy atom. The lowest BCUT2D eigenvalue weighted by Gasteiger charge is -2.12. The molecule has 2 rings (SSSR count). The minimum absolute atomic E-state index is 0.0262. The second-order valence-electron chi connectivity index (χ2n) is 6.41. The first-order valence-corrected chi connectivity index (χ1v) is 8.77. The molecule has 1 amide bonds. The van der Waals surface area contributed by atoms with Gasteiger partial charge in [-0.05, 0) is 48.2 Å². The summed E-state index contributed by atoms with van der Waals surface area (Å²) in [5, 5.41) is 6.41. The maximum atomic E-state index is 12.0. The third-order valence-electron chi connectivity index (χ3n) is 4.39. The summed E-state index contributed by atoms with van der Waals surface area (Å²) in [7, 11) is 1.69. The summed E-state index contributed by atoms with van der Waals surface area (Å²) >= 11 is 0. The van der Waals surface area contributed by atoms with E-state index >= 15 is 0 Å². The van der Waals surface area contributed by atoms with Crippen molar-refractivity contribution in [2.75, 3.05) is 12.4 Å². The molecule has 0 saturated carbocycles. The zero-order valence-electron chi connectivity index (χ0n) is 15.6. The van der Waals surface area contributed by atoms with E-state index in [1.807, 2.05) is 39.0 Å². The van der Waals surface area contributed by atoms with Crippen LogP contribution < -0.4 is 15.4 Å². The van der Waals surface area contributed by atoms with Gasteiger partial charge < -0.3 is 15.4 Å². The van der Waals surface area contributed by atoms with Crippen LogP contribution in [-0.4, -0.2) is 13.0 Å². The van der Waals surface area contributed by atoms with Crippen molar-refractivity contribution in [3.8, 4) is 5.75 Å². The molecule has 134 valence electrons. The number of nitrogens with one attached hydrogen (secondary N) is 2. The molecule has 25 heavy (non-hydrogen) atoms. The predicted molar refractivity (Wildman–Crippen MR) is 103 cm³/mol. The van der Waals surface area contributed by atoms with Gasteiger partial charge in [0.2, 0.25) is 5.91 Å². The summed E-state index contributed by atoms with van der Waals surface area (Å²) in [4.78, 5) is 12.0. The Morgan fingerprint density at radius 1 is 1.12 bits per heavy atom. The van der Waals surface area contributed by atoms with E-state index in [1.165, 1.54) is 5.56 Å². The molecule has 0 aliphatic heterocycles. The van der Waals surface area contributed by atoms with E-state index in [0.717, 1.165) is 42.1 Å². The van der Waals surface area contributed by atoms with Crippen molar-refractivity contribution in [2.24, 2.45) is 5.92 Å². The highest BCUT2D eigenvalue weighted by molar-refractivity contribution is 5.92. The maximum absolute atomic E-state index is 12.0. The number of anilines is 1. The zero-order chi connectivity index (χ0) is 18.2. The van der Waals surface area contributed by atoms with Gasteiger partial charge in [-0.25, -0.2) is 0 Å². The Balaban J connectivity index is 1.91. The van der Waals surface area contributed by atoms with Gasteiger partial charge in [0, 0.05) is 24.7 Å². The van der Waals surface area contributed by atoms with Gasteiger partial charge in [-0.3, -0.25) is 4.79 Å². The molecule has 4 heteroatoms. The Bertz CT molecular complexity index is 713. The molecule has 0 saturated heterocycles. The molecular formula is C21H28N2O2. The van der Waals surface area contributed by atoms with Crippen molar-refractivity contribution in [1.82, 2.24) is 5.32 Å². The average Bonchev–Trinajstić information content (AvgIpc) is 2.62. The normalized spacial score (nSPS) is 11.8. The van der Waals surface area contributed by atoms with Crippen LogP contribution in [-0.2, 0) is 17.9 Å². The van der Waals surface area contributed by atoms with Gasteiger partial charge in [0.15, 0.2) is 0 Å². The van der Waals surface area contributed by atoms with E-state index < -0.39 is 0 Å². The quantitative estimate of drug-likeness (QED) is 0.754. The first-order valence-electron chi connectivity index (χ1n) is 8.77. The molecule has 0 fully saturated rings. The summed E-state index contributed by atoms with van der Waals surface area (Å²) in [5.74, 6) is 1.01. The Kier molecular flexibility index (Phi) is 7.02. The lowest BCUT2D eigenvalue weighted by Crippen LogP contribution is -2.20. The van der Waals surface area contributed by atoms with E-state index in [2.05, 4.69) is 34.9 Å². The number of hydrogen-bond acceptors (Lipinski definition) is 3. The van der Waals surface area contributed by atoms with Gasteiger partial charge in [-0.2, -0.15) is 0 Å². The van der Waals surface area contributed by atoms with Crippen molar-refractivity contribution < 1.29 is 9.53 Å². The second-order valence-corrected chi connectivity index (χ2v) is 6.41. The van der Waals surface area contributed by atoms with E-state index in [-0.39, 0.29) is 11.8 Å². The molecule has 2 N–H and O–H groups in total. The van der Waals surface area contributed by atoms with Gasteiger partial charge >= 0.3 is 0 Å². The number of rotatable bonds is 8. The molecular weight excluding hydrogens is 312 g/mol. The fraction of sp³-hybridized carbons (Fsp3) is 0.381. The molecule has 0 unspecified atom stereocenters. The fourth-order valence-corrected chi connectivity index (χ4v) is 2.54. The fourth-order valence-electron chi connectivity index (χ4n) is 2.54. The van der Waals surface area contributed by atoms with Crippen LogP contribution in [0.15, 0.2) is 42.5 Å². The molecule has 1 atom stereocenters. The largest absolute Gasteiger partial charge is 0.496 e. The first-order chi connectivity index (χ1) is 12.0. The summed E-state index contributed by atoms with van der Waals surface area (Å²) in [6.07, 6.45) is 0.840. The van der Waals surface area contributed by atoms with Gasteiger partial charge in [0.1, 0.15) is 5.75 Å². The standard InChI is InChI=1S/C21H28N2O2/c1-5-15(2)21(24)23-19-8-6-7-17(11-19)13-22-14-18-10-9-16(3)20(12-18)25-4/h6-12,15,22H,5,13-14H2,1-4H3,(H,23,24)/t15-/m0/s1. The first kappa shape index (κ1) is 19.0. The molecule has 0 aromatic heterocycles. The SMILES string of the molecule is CC[C@H](C)C(=O)Nc1cccc(CNCc2ccc(C)c(OC)c2)c1. The zero-order valence-corrected chi connectivity index (χ0v) is 15.6.